The van der Waals surface area contributed by atoms with Gasteiger partial charge in [0, 0.05) is 5.56 Å². The fourth-order valence-corrected chi connectivity index (χ4v) is 3.06. The zero-order valence-corrected chi connectivity index (χ0v) is 15.2. The summed E-state index contributed by atoms with van der Waals surface area (Å²) in [6.45, 7) is -0.160. The summed E-state index contributed by atoms with van der Waals surface area (Å²) in [5.74, 6) is -0.977. The van der Waals surface area contributed by atoms with E-state index in [9.17, 15) is 14.0 Å². The largest absolute Gasteiger partial charge is 0.496 e. The Morgan fingerprint density at radius 1 is 1.11 bits per heavy atom. The third kappa shape index (κ3) is 4.51. The second-order valence-corrected chi connectivity index (χ2v) is 6.46. The molecule has 0 radical (unpaired) electrons. The second-order valence-electron chi connectivity index (χ2n) is 5.51. The minimum absolute atomic E-state index is 0.160. The van der Waals surface area contributed by atoms with Gasteiger partial charge in [-0.1, -0.05) is 18.2 Å². The summed E-state index contributed by atoms with van der Waals surface area (Å²) in [6, 6.07) is 14.0. The van der Waals surface area contributed by atoms with E-state index in [0.29, 0.717) is 21.9 Å². The molecular weight excluding hydrogens is 369 g/mol. The van der Waals surface area contributed by atoms with Gasteiger partial charge in [0.05, 0.1) is 23.2 Å². The molecular formula is C20H16FNO4S. The highest BCUT2D eigenvalue weighted by Crippen LogP contribution is 2.23. The molecule has 0 atom stereocenters. The predicted molar refractivity (Wildman–Crippen MR) is 101 cm³/mol. The Morgan fingerprint density at radius 2 is 1.93 bits per heavy atom. The monoisotopic (exact) mass is 385 g/mol. The van der Waals surface area contributed by atoms with E-state index in [1.54, 1.807) is 41.8 Å². The van der Waals surface area contributed by atoms with Gasteiger partial charge < -0.3 is 14.8 Å². The second kappa shape index (κ2) is 8.46. The first-order valence-corrected chi connectivity index (χ1v) is 8.90. The van der Waals surface area contributed by atoms with Crippen molar-refractivity contribution in [3.05, 3.63) is 81.8 Å². The molecule has 0 aliphatic rings. The van der Waals surface area contributed by atoms with Crippen molar-refractivity contribution in [2.75, 3.05) is 12.4 Å². The summed E-state index contributed by atoms with van der Waals surface area (Å²) < 4.78 is 23.9. The van der Waals surface area contributed by atoms with E-state index in [2.05, 4.69) is 5.32 Å². The van der Waals surface area contributed by atoms with Gasteiger partial charge in [0.2, 0.25) is 0 Å². The summed E-state index contributed by atoms with van der Waals surface area (Å²) in [4.78, 5) is 25.3. The predicted octanol–water partition coefficient (Wildman–Crippen LogP) is 4.51. The summed E-state index contributed by atoms with van der Waals surface area (Å²) in [6.07, 6.45) is 0. The Morgan fingerprint density at radius 3 is 2.67 bits per heavy atom. The zero-order valence-electron chi connectivity index (χ0n) is 14.4. The average Bonchev–Trinajstić information content (AvgIpc) is 3.21. The number of halogens is 1. The number of rotatable bonds is 6. The third-order valence-electron chi connectivity index (χ3n) is 3.74. The maximum absolute atomic E-state index is 13.4. The van der Waals surface area contributed by atoms with Crippen LogP contribution in [0.15, 0.2) is 60.0 Å². The quantitative estimate of drug-likeness (QED) is 0.635. The molecule has 27 heavy (non-hydrogen) atoms. The van der Waals surface area contributed by atoms with Crippen LogP contribution >= 0.6 is 11.3 Å². The first kappa shape index (κ1) is 18.6. The maximum atomic E-state index is 13.4. The Balaban J connectivity index is 1.74. The molecule has 7 heteroatoms. The third-order valence-corrected chi connectivity index (χ3v) is 4.61. The lowest BCUT2D eigenvalue weighted by Crippen LogP contribution is -2.15. The Hall–Kier alpha value is -3.19. The van der Waals surface area contributed by atoms with Crippen LogP contribution in [-0.2, 0) is 11.3 Å². The van der Waals surface area contributed by atoms with Crippen molar-refractivity contribution in [2.45, 2.75) is 6.61 Å². The van der Waals surface area contributed by atoms with Crippen molar-refractivity contribution in [2.24, 2.45) is 0 Å². The van der Waals surface area contributed by atoms with E-state index in [-0.39, 0.29) is 18.1 Å². The number of ether oxygens (including phenoxy) is 2. The molecule has 0 unspecified atom stereocenters. The molecule has 2 aromatic carbocycles. The molecule has 0 fully saturated rings. The fourth-order valence-electron chi connectivity index (χ4n) is 2.44. The maximum Gasteiger partial charge on any atom is 0.340 e. The molecule has 138 valence electrons. The smallest absolute Gasteiger partial charge is 0.340 e. The number of hydrogen-bond donors (Lipinski definition) is 1. The summed E-state index contributed by atoms with van der Waals surface area (Å²) >= 11 is 1.30. The molecule has 1 amide bonds. The molecule has 0 saturated heterocycles. The van der Waals surface area contributed by atoms with Crippen molar-refractivity contribution in [1.82, 2.24) is 0 Å². The molecule has 3 aromatic rings. The molecule has 1 aromatic heterocycles. The van der Waals surface area contributed by atoms with Gasteiger partial charge in [0.25, 0.3) is 5.91 Å². The van der Waals surface area contributed by atoms with Crippen LogP contribution in [0.25, 0.3) is 0 Å². The SMILES string of the molecule is COc1ccc(F)cc1COC(=O)c1ccccc1NC(=O)c1cccs1. The lowest BCUT2D eigenvalue weighted by atomic mass is 10.1. The number of para-hydroxylation sites is 1. The van der Waals surface area contributed by atoms with Gasteiger partial charge in [-0.2, -0.15) is 0 Å². The summed E-state index contributed by atoms with van der Waals surface area (Å²) in [7, 11) is 1.45. The summed E-state index contributed by atoms with van der Waals surface area (Å²) in [5.41, 5.74) is 0.954. The fraction of sp³-hybridized carbons (Fsp3) is 0.100. The van der Waals surface area contributed by atoms with Crippen molar-refractivity contribution in [3.63, 3.8) is 0 Å². The number of carbonyl (C=O) groups excluding carboxylic acids is 2. The number of methoxy groups -OCH3 is 1. The molecule has 0 aliphatic carbocycles. The molecule has 0 saturated carbocycles. The van der Waals surface area contributed by atoms with Gasteiger partial charge in [0.1, 0.15) is 18.2 Å². The number of thiophene rings is 1. The van der Waals surface area contributed by atoms with Gasteiger partial charge in [-0.05, 0) is 41.8 Å². The minimum atomic E-state index is -0.636. The molecule has 0 aliphatic heterocycles. The van der Waals surface area contributed by atoms with Crippen LogP contribution in [-0.4, -0.2) is 19.0 Å². The number of nitrogens with one attached hydrogen (secondary N) is 1. The van der Waals surface area contributed by atoms with Gasteiger partial charge in [0.15, 0.2) is 0 Å². The summed E-state index contributed by atoms with van der Waals surface area (Å²) in [5, 5.41) is 4.50. The van der Waals surface area contributed by atoms with Crippen LogP contribution in [0.5, 0.6) is 5.75 Å². The van der Waals surface area contributed by atoms with Gasteiger partial charge in [-0.25, -0.2) is 9.18 Å². The number of anilines is 1. The molecule has 5 nitrogen and oxygen atoms in total. The van der Waals surface area contributed by atoms with E-state index in [1.165, 1.54) is 36.6 Å². The average molecular weight is 385 g/mol. The van der Waals surface area contributed by atoms with E-state index in [1.807, 2.05) is 0 Å². The molecule has 1 heterocycles. The number of esters is 1. The van der Waals surface area contributed by atoms with Crippen LogP contribution in [0.2, 0.25) is 0 Å². The molecule has 0 bridgehead atoms. The van der Waals surface area contributed by atoms with Crippen molar-refractivity contribution in [1.29, 1.82) is 0 Å². The Bertz CT molecular complexity index is 956. The number of amides is 1. The van der Waals surface area contributed by atoms with E-state index in [4.69, 9.17) is 9.47 Å². The van der Waals surface area contributed by atoms with Gasteiger partial charge in [-0.3, -0.25) is 4.79 Å². The van der Waals surface area contributed by atoms with Crippen LogP contribution in [0.1, 0.15) is 25.6 Å². The minimum Gasteiger partial charge on any atom is -0.496 e. The molecule has 1 N–H and O–H groups in total. The highest BCUT2D eigenvalue weighted by atomic mass is 32.1. The van der Waals surface area contributed by atoms with Gasteiger partial charge in [-0.15, -0.1) is 11.3 Å². The molecule has 3 rings (SSSR count). The normalized spacial score (nSPS) is 10.3. The van der Waals surface area contributed by atoms with Crippen LogP contribution in [0, 0.1) is 5.82 Å². The lowest BCUT2D eigenvalue weighted by molar-refractivity contribution is 0.0471. The first-order valence-electron chi connectivity index (χ1n) is 8.02. The lowest BCUT2D eigenvalue weighted by Gasteiger charge is -2.12. The van der Waals surface area contributed by atoms with Crippen molar-refractivity contribution >= 4 is 28.9 Å². The van der Waals surface area contributed by atoms with Crippen molar-refractivity contribution in [3.8, 4) is 5.75 Å². The number of benzene rings is 2. The van der Waals surface area contributed by atoms with Gasteiger partial charge >= 0.3 is 5.97 Å². The Kier molecular flexibility index (Phi) is 5.83. The zero-order chi connectivity index (χ0) is 19.2. The van der Waals surface area contributed by atoms with E-state index in [0.717, 1.165) is 0 Å². The van der Waals surface area contributed by atoms with Crippen molar-refractivity contribution < 1.29 is 23.5 Å². The van der Waals surface area contributed by atoms with Crippen LogP contribution in [0.3, 0.4) is 0 Å². The van der Waals surface area contributed by atoms with Crippen LogP contribution in [0.4, 0.5) is 10.1 Å². The Labute approximate surface area is 159 Å². The highest BCUT2D eigenvalue weighted by molar-refractivity contribution is 7.12. The first-order chi connectivity index (χ1) is 13.1. The van der Waals surface area contributed by atoms with E-state index >= 15 is 0 Å². The van der Waals surface area contributed by atoms with E-state index < -0.39 is 11.8 Å². The highest BCUT2D eigenvalue weighted by Gasteiger charge is 2.16. The van der Waals surface area contributed by atoms with Crippen LogP contribution < -0.4 is 10.1 Å². The number of hydrogen-bond acceptors (Lipinski definition) is 5. The standard InChI is InChI=1S/C20H16FNO4S/c1-25-17-9-8-14(21)11-13(17)12-26-20(24)15-5-2-3-6-16(15)22-19(23)18-7-4-10-27-18/h2-11H,12H2,1H3,(H,22,23). The number of carbonyl (C=O) groups is 2. The topological polar surface area (TPSA) is 64.6 Å². The molecule has 0 spiro atoms.